The summed E-state index contributed by atoms with van der Waals surface area (Å²) >= 11 is 0. The first-order valence-corrected chi connectivity index (χ1v) is 7.46. The first-order chi connectivity index (χ1) is 8.11. The van der Waals surface area contributed by atoms with E-state index in [1.165, 1.54) is 38.5 Å². The minimum Gasteiger partial charge on any atom is -0.376 e. The van der Waals surface area contributed by atoms with E-state index in [9.17, 15) is 0 Å². The molecule has 0 saturated heterocycles. The maximum atomic E-state index is 6.19. The van der Waals surface area contributed by atoms with Crippen molar-refractivity contribution in [3.63, 3.8) is 0 Å². The topological polar surface area (TPSA) is 21.3 Å². The molecule has 0 aliphatic heterocycles. The van der Waals surface area contributed by atoms with Crippen molar-refractivity contribution in [2.75, 3.05) is 13.2 Å². The fraction of sp³-hybridized carbons (Fsp3) is 1.00. The first-order valence-electron chi connectivity index (χ1n) is 7.46. The highest BCUT2D eigenvalue weighted by Gasteiger charge is 2.36. The van der Waals surface area contributed by atoms with Gasteiger partial charge in [-0.1, -0.05) is 20.8 Å². The SMILES string of the molecule is CCCNC1CCC(C)(C)CC1OCC1CC1. The van der Waals surface area contributed by atoms with E-state index in [1.54, 1.807) is 0 Å². The van der Waals surface area contributed by atoms with Crippen molar-refractivity contribution in [3.05, 3.63) is 0 Å². The molecule has 2 aliphatic carbocycles. The van der Waals surface area contributed by atoms with Crippen LogP contribution in [0.5, 0.6) is 0 Å². The highest BCUT2D eigenvalue weighted by atomic mass is 16.5. The number of rotatable bonds is 6. The molecule has 2 rings (SSSR count). The Bertz CT molecular complexity index is 235. The van der Waals surface area contributed by atoms with Crippen molar-refractivity contribution in [1.82, 2.24) is 5.32 Å². The number of hydrogen-bond acceptors (Lipinski definition) is 2. The van der Waals surface area contributed by atoms with Gasteiger partial charge >= 0.3 is 0 Å². The smallest absolute Gasteiger partial charge is 0.0733 e. The van der Waals surface area contributed by atoms with Crippen LogP contribution in [0.25, 0.3) is 0 Å². The summed E-state index contributed by atoms with van der Waals surface area (Å²) in [5, 5.41) is 3.68. The van der Waals surface area contributed by atoms with Gasteiger partial charge in [0, 0.05) is 12.6 Å². The van der Waals surface area contributed by atoms with Crippen molar-refractivity contribution in [2.24, 2.45) is 11.3 Å². The van der Waals surface area contributed by atoms with Crippen LogP contribution in [-0.2, 0) is 4.74 Å². The van der Waals surface area contributed by atoms with Gasteiger partial charge in [0.1, 0.15) is 0 Å². The molecule has 2 saturated carbocycles. The molecule has 1 N–H and O–H groups in total. The molecule has 100 valence electrons. The minimum atomic E-state index is 0.450. The second kappa shape index (κ2) is 5.71. The number of ether oxygens (including phenoxy) is 1. The molecule has 2 nitrogen and oxygen atoms in total. The summed E-state index contributed by atoms with van der Waals surface area (Å²) in [6.07, 6.45) is 8.29. The van der Waals surface area contributed by atoms with Crippen LogP contribution in [-0.4, -0.2) is 25.3 Å². The standard InChI is InChI=1S/C15H29NO/c1-4-9-16-13-7-8-15(2,3)10-14(13)17-11-12-5-6-12/h12-14,16H,4-11H2,1-3H3. The Morgan fingerprint density at radius 1 is 1.24 bits per heavy atom. The monoisotopic (exact) mass is 239 g/mol. The number of nitrogens with one attached hydrogen (secondary N) is 1. The zero-order valence-electron chi connectivity index (χ0n) is 11.8. The van der Waals surface area contributed by atoms with Gasteiger partial charge in [-0.05, 0) is 56.4 Å². The molecule has 0 heterocycles. The molecular weight excluding hydrogens is 210 g/mol. The van der Waals surface area contributed by atoms with Crippen LogP contribution in [0.2, 0.25) is 0 Å². The predicted molar refractivity (Wildman–Crippen MR) is 72.2 cm³/mol. The molecule has 2 aliphatic rings. The molecule has 2 heteroatoms. The third-order valence-corrected chi connectivity index (χ3v) is 4.23. The third kappa shape index (κ3) is 4.26. The van der Waals surface area contributed by atoms with Crippen molar-refractivity contribution < 1.29 is 4.74 Å². The van der Waals surface area contributed by atoms with E-state index in [2.05, 4.69) is 26.1 Å². The van der Waals surface area contributed by atoms with E-state index in [1.807, 2.05) is 0 Å². The third-order valence-electron chi connectivity index (χ3n) is 4.23. The summed E-state index contributed by atoms with van der Waals surface area (Å²) in [5.74, 6) is 0.881. The average Bonchev–Trinajstić information content (AvgIpc) is 3.08. The molecular formula is C15H29NO. The van der Waals surface area contributed by atoms with E-state index in [0.29, 0.717) is 17.6 Å². The molecule has 17 heavy (non-hydrogen) atoms. The molecule has 0 amide bonds. The molecule has 0 spiro atoms. The molecule has 0 bridgehead atoms. The second-order valence-electron chi connectivity index (χ2n) is 6.78. The Kier molecular flexibility index (Phi) is 4.48. The maximum absolute atomic E-state index is 6.19. The molecule has 0 aromatic rings. The van der Waals surface area contributed by atoms with E-state index in [-0.39, 0.29) is 0 Å². The average molecular weight is 239 g/mol. The van der Waals surface area contributed by atoms with Crippen molar-refractivity contribution in [1.29, 1.82) is 0 Å². The summed E-state index contributed by atoms with van der Waals surface area (Å²) < 4.78 is 6.19. The van der Waals surface area contributed by atoms with Crippen LogP contribution in [0.1, 0.15) is 59.3 Å². The van der Waals surface area contributed by atoms with Crippen molar-refractivity contribution in [3.8, 4) is 0 Å². The number of hydrogen-bond donors (Lipinski definition) is 1. The molecule has 0 radical (unpaired) electrons. The summed E-state index contributed by atoms with van der Waals surface area (Å²) in [5.41, 5.74) is 0.471. The van der Waals surface area contributed by atoms with Crippen LogP contribution in [0.15, 0.2) is 0 Å². The Balaban J connectivity index is 1.83. The Hall–Kier alpha value is -0.0800. The van der Waals surface area contributed by atoms with Gasteiger partial charge in [-0.2, -0.15) is 0 Å². The summed E-state index contributed by atoms with van der Waals surface area (Å²) in [6, 6.07) is 0.599. The molecule has 2 fully saturated rings. The zero-order chi connectivity index (χ0) is 12.3. The van der Waals surface area contributed by atoms with Gasteiger partial charge in [-0.3, -0.25) is 0 Å². The summed E-state index contributed by atoms with van der Waals surface area (Å²) in [7, 11) is 0. The fourth-order valence-corrected chi connectivity index (χ4v) is 2.80. The van der Waals surface area contributed by atoms with Gasteiger partial charge in [-0.25, -0.2) is 0 Å². The van der Waals surface area contributed by atoms with Crippen LogP contribution < -0.4 is 5.32 Å². The minimum absolute atomic E-state index is 0.450. The lowest BCUT2D eigenvalue weighted by Gasteiger charge is -2.41. The Labute approximate surface area is 107 Å². The molecule has 0 aromatic heterocycles. The van der Waals surface area contributed by atoms with Crippen LogP contribution >= 0.6 is 0 Å². The highest BCUT2D eigenvalue weighted by Crippen LogP contribution is 2.38. The van der Waals surface area contributed by atoms with Gasteiger partial charge in [-0.15, -0.1) is 0 Å². The first kappa shape index (κ1) is 13.4. The summed E-state index contributed by atoms with van der Waals surface area (Å²) in [6.45, 7) is 9.15. The van der Waals surface area contributed by atoms with E-state index in [0.717, 1.165) is 19.1 Å². The van der Waals surface area contributed by atoms with Gasteiger partial charge in [0.15, 0.2) is 0 Å². The van der Waals surface area contributed by atoms with Gasteiger partial charge in [0.25, 0.3) is 0 Å². The fourth-order valence-electron chi connectivity index (χ4n) is 2.80. The van der Waals surface area contributed by atoms with Crippen molar-refractivity contribution in [2.45, 2.75) is 71.4 Å². The normalized spacial score (nSPS) is 32.6. The molecule has 2 atom stereocenters. The van der Waals surface area contributed by atoms with Gasteiger partial charge in [0.2, 0.25) is 0 Å². The Morgan fingerprint density at radius 3 is 2.65 bits per heavy atom. The van der Waals surface area contributed by atoms with E-state index < -0.39 is 0 Å². The van der Waals surface area contributed by atoms with Crippen LogP contribution in [0.4, 0.5) is 0 Å². The zero-order valence-corrected chi connectivity index (χ0v) is 11.8. The van der Waals surface area contributed by atoms with E-state index in [4.69, 9.17) is 4.74 Å². The van der Waals surface area contributed by atoms with E-state index >= 15 is 0 Å². The second-order valence-corrected chi connectivity index (χ2v) is 6.78. The Morgan fingerprint density at radius 2 is 2.00 bits per heavy atom. The van der Waals surface area contributed by atoms with Crippen LogP contribution in [0, 0.1) is 11.3 Å². The largest absolute Gasteiger partial charge is 0.376 e. The lowest BCUT2D eigenvalue weighted by molar-refractivity contribution is -0.0322. The van der Waals surface area contributed by atoms with Crippen molar-refractivity contribution >= 4 is 0 Å². The van der Waals surface area contributed by atoms with Gasteiger partial charge < -0.3 is 10.1 Å². The van der Waals surface area contributed by atoms with Crippen LogP contribution in [0.3, 0.4) is 0 Å². The highest BCUT2D eigenvalue weighted by molar-refractivity contribution is 4.90. The lowest BCUT2D eigenvalue weighted by Crippen LogP contribution is -2.48. The molecule has 2 unspecified atom stereocenters. The van der Waals surface area contributed by atoms with Gasteiger partial charge in [0.05, 0.1) is 6.10 Å². The predicted octanol–water partition coefficient (Wildman–Crippen LogP) is 3.36. The molecule has 0 aromatic carbocycles. The lowest BCUT2D eigenvalue weighted by atomic mass is 9.74. The maximum Gasteiger partial charge on any atom is 0.0733 e. The quantitative estimate of drug-likeness (QED) is 0.767. The summed E-state index contributed by atoms with van der Waals surface area (Å²) in [4.78, 5) is 0.